The second-order valence-corrected chi connectivity index (χ2v) is 7.79. The summed E-state index contributed by atoms with van der Waals surface area (Å²) < 4.78 is 6.17. The minimum absolute atomic E-state index is 0.196. The van der Waals surface area contributed by atoms with Crippen LogP contribution in [-0.4, -0.2) is 79.7 Å². The van der Waals surface area contributed by atoms with E-state index < -0.39 is 65.8 Å². The van der Waals surface area contributed by atoms with Crippen LogP contribution >= 0.6 is 0 Å². The van der Waals surface area contributed by atoms with Crippen LogP contribution in [0.25, 0.3) is 0 Å². The molecule has 1 aromatic heterocycles. The molecule has 3 unspecified atom stereocenters. The quantitative estimate of drug-likeness (QED) is 0.143. The van der Waals surface area contributed by atoms with Crippen LogP contribution < -0.4 is 33.3 Å². The maximum Gasteiger partial charge on any atom is 0.330 e. The standard InChI is InChI=1S/C19H29N6O9/c20-7-2-1-3-10(18(31)32)22-11(26)5-4-9(21)15(30)24-16-13(28)14(29)17(34-16)25-8-6-12(27)23-19(25)33/h6,8-10,13-14,16-17,21,28-29H,1-5,7,20H2,(H,22,26)(H,24,30)(H,31,32)(H,23,27,33)/t9?,10?,13-,14?,16+,17-/m1/s1. The molecule has 1 aliphatic rings. The number of rotatable bonds is 12. The van der Waals surface area contributed by atoms with Crippen molar-refractivity contribution in [1.82, 2.24) is 25.9 Å². The lowest BCUT2D eigenvalue weighted by Crippen LogP contribution is -2.48. The number of aliphatic hydroxyl groups excluding tert-OH is 2. The first-order chi connectivity index (χ1) is 16.0. The zero-order chi connectivity index (χ0) is 25.4. The van der Waals surface area contributed by atoms with Crippen LogP contribution in [-0.2, 0) is 19.1 Å². The number of unbranched alkanes of at least 4 members (excludes halogenated alkanes) is 1. The van der Waals surface area contributed by atoms with Crippen molar-refractivity contribution in [3.8, 4) is 0 Å². The topological polar surface area (TPSA) is 250 Å². The number of carbonyl (C=O) groups excluding carboxylic acids is 2. The Morgan fingerprint density at radius 3 is 2.53 bits per heavy atom. The summed E-state index contributed by atoms with van der Waals surface area (Å²) in [5.74, 6) is -2.76. The van der Waals surface area contributed by atoms with Crippen LogP contribution in [0.15, 0.2) is 21.9 Å². The molecule has 2 amide bonds. The highest BCUT2D eigenvalue weighted by atomic mass is 16.6. The molecular formula is C19H29N6O9. The van der Waals surface area contributed by atoms with E-state index in [1.807, 2.05) is 4.98 Å². The highest BCUT2D eigenvalue weighted by molar-refractivity contribution is 5.85. The summed E-state index contributed by atoms with van der Waals surface area (Å²) in [6, 6.07) is -1.56. The van der Waals surface area contributed by atoms with E-state index in [9.17, 15) is 39.3 Å². The first kappa shape index (κ1) is 27.1. The molecule has 189 valence electrons. The van der Waals surface area contributed by atoms with Crippen LogP contribution in [0.4, 0.5) is 0 Å². The van der Waals surface area contributed by atoms with Gasteiger partial charge in [-0.05, 0) is 32.2 Å². The average Bonchev–Trinajstić information content (AvgIpc) is 3.05. The maximum absolute atomic E-state index is 12.3. The van der Waals surface area contributed by atoms with E-state index in [1.54, 1.807) is 0 Å². The fourth-order valence-electron chi connectivity index (χ4n) is 3.30. The van der Waals surface area contributed by atoms with E-state index in [1.165, 1.54) is 0 Å². The number of nitrogens with one attached hydrogen (secondary N) is 4. The van der Waals surface area contributed by atoms with Gasteiger partial charge in [-0.1, -0.05) is 0 Å². The second-order valence-electron chi connectivity index (χ2n) is 7.79. The van der Waals surface area contributed by atoms with Crippen molar-refractivity contribution in [3.63, 3.8) is 0 Å². The van der Waals surface area contributed by atoms with E-state index in [0.29, 0.717) is 19.4 Å². The number of nitrogens with two attached hydrogens (primary N) is 1. The van der Waals surface area contributed by atoms with Gasteiger partial charge in [0.25, 0.3) is 5.56 Å². The molecule has 6 atom stereocenters. The number of carboxylic acid groups (broad SMARTS) is 1. The van der Waals surface area contributed by atoms with E-state index in [4.69, 9.17) is 16.2 Å². The Morgan fingerprint density at radius 2 is 1.91 bits per heavy atom. The molecule has 0 bridgehead atoms. The SMILES string of the molecule is [NH]C(CCC(=O)NC(CCCCN)C(=O)O)C(=O)N[C@H]1O[C@@H](n2ccc(=O)[nH]c2=O)C(O)[C@H]1O. The number of amides is 2. The van der Waals surface area contributed by atoms with Gasteiger partial charge >= 0.3 is 11.7 Å². The van der Waals surface area contributed by atoms with Gasteiger partial charge in [-0.15, -0.1) is 0 Å². The average molecular weight is 485 g/mol. The summed E-state index contributed by atoms with van der Waals surface area (Å²) in [4.78, 5) is 60.6. The van der Waals surface area contributed by atoms with Crippen molar-refractivity contribution in [2.75, 3.05) is 6.54 Å². The number of H-pyrrole nitrogens is 1. The molecule has 2 rings (SSSR count). The van der Waals surface area contributed by atoms with Crippen molar-refractivity contribution in [3.05, 3.63) is 33.1 Å². The number of carboxylic acids is 1. The summed E-state index contributed by atoms with van der Waals surface area (Å²) in [5, 5.41) is 34.1. The van der Waals surface area contributed by atoms with Gasteiger partial charge in [0.05, 0.1) is 0 Å². The lowest BCUT2D eigenvalue weighted by molar-refractivity contribution is -0.142. The molecule has 0 saturated carbocycles. The Hall–Kier alpha value is -3.11. The van der Waals surface area contributed by atoms with Gasteiger partial charge < -0.3 is 36.4 Å². The molecule has 1 aliphatic heterocycles. The summed E-state index contributed by atoms with van der Waals surface area (Å²) in [6.45, 7) is 0.398. The Balaban J connectivity index is 1.87. The van der Waals surface area contributed by atoms with Crippen molar-refractivity contribution >= 4 is 17.8 Å². The lowest BCUT2D eigenvalue weighted by Gasteiger charge is -2.19. The van der Waals surface area contributed by atoms with Gasteiger partial charge in [-0.2, -0.15) is 0 Å². The number of aliphatic hydroxyl groups is 2. The van der Waals surface area contributed by atoms with E-state index in [0.717, 1.165) is 16.8 Å². The lowest BCUT2D eigenvalue weighted by atomic mass is 10.1. The van der Waals surface area contributed by atoms with Crippen molar-refractivity contribution in [2.24, 2.45) is 5.73 Å². The Kier molecular flexibility index (Phi) is 9.88. The minimum atomic E-state index is -1.65. The third-order valence-electron chi connectivity index (χ3n) is 5.20. The number of hydrogen-bond donors (Lipinski definition) is 7. The third-order valence-corrected chi connectivity index (χ3v) is 5.20. The highest BCUT2D eigenvalue weighted by Gasteiger charge is 2.45. The summed E-state index contributed by atoms with van der Waals surface area (Å²) >= 11 is 0. The maximum atomic E-state index is 12.3. The fourth-order valence-corrected chi connectivity index (χ4v) is 3.30. The van der Waals surface area contributed by atoms with E-state index in [-0.39, 0.29) is 19.3 Å². The van der Waals surface area contributed by atoms with Gasteiger partial charge in [0.15, 0.2) is 12.5 Å². The molecule has 15 nitrogen and oxygen atoms in total. The van der Waals surface area contributed by atoms with E-state index >= 15 is 0 Å². The summed E-state index contributed by atoms with van der Waals surface area (Å²) in [6.07, 6.45) is -4.33. The largest absolute Gasteiger partial charge is 0.480 e. The first-order valence-corrected chi connectivity index (χ1v) is 10.6. The fraction of sp³-hybridized carbons (Fsp3) is 0.632. The van der Waals surface area contributed by atoms with Gasteiger partial charge in [0.1, 0.15) is 24.3 Å². The molecule has 0 spiro atoms. The minimum Gasteiger partial charge on any atom is -0.480 e. The molecule has 2 heterocycles. The summed E-state index contributed by atoms with van der Waals surface area (Å²) in [5.41, 5.74) is 11.7. The molecular weight excluding hydrogens is 456 g/mol. The third kappa shape index (κ3) is 7.19. The molecule has 1 fully saturated rings. The van der Waals surface area contributed by atoms with Crippen LogP contribution in [0.2, 0.25) is 0 Å². The number of aliphatic carboxylic acids is 1. The normalized spacial score (nSPS) is 23.8. The predicted octanol–water partition coefficient (Wildman–Crippen LogP) is -3.64. The number of nitrogens with zero attached hydrogens (tertiary/aromatic N) is 1. The van der Waals surface area contributed by atoms with Gasteiger partial charge in [0.2, 0.25) is 11.8 Å². The highest BCUT2D eigenvalue weighted by Crippen LogP contribution is 2.26. The van der Waals surface area contributed by atoms with Crippen molar-refractivity contribution in [2.45, 2.75) is 68.9 Å². The molecule has 9 N–H and O–H groups in total. The number of aromatic nitrogens is 2. The zero-order valence-electron chi connectivity index (χ0n) is 18.2. The number of carbonyl (C=O) groups is 3. The molecule has 0 aromatic carbocycles. The van der Waals surface area contributed by atoms with Crippen molar-refractivity contribution in [1.29, 1.82) is 0 Å². The van der Waals surface area contributed by atoms with Crippen LogP contribution in [0, 0.1) is 0 Å². The second kappa shape index (κ2) is 12.4. The van der Waals surface area contributed by atoms with E-state index in [2.05, 4.69) is 10.6 Å². The molecule has 1 aromatic rings. The molecule has 34 heavy (non-hydrogen) atoms. The molecule has 1 radical (unpaired) electrons. The molecule has 15 heteroatoms. The first-order valence-electron chi connectivity index (χ1n) is 10.6. The molecule has 0 aliphatic carbocycles. The number of hydrogen-bond acceptors (Lipinski definition) is 9. The van der Waals surface area contributed by atoms with Gasteiger partial charge in [-0.3, -0.25) is 23.9 Å². The van der Waals surface area contributed by atoms with Crippen molar-refractivity contribution < 1.29 is 34.4 Å². The Labute approximate surface area is 193 Å². The smallest absolute Gasteiger partial charge is 0.330 e. The number of ether oxygens (including phenoxy) is 1. The summed E-state index contributed by atoms with van der Waals surface area (Å²) in [7, 11) is 0. The van der Waals surface area contributed by atoms with Gasteiger partial charge in [-0.25, -0.2) is 15.3 Å². The van der Waals surface area contributed by atoms with Crippen LogP contribution in [0.1, 0.15) is 38.3 Å². The Bertz CT molecular complexity index is 979. The number of aromatic amines is 1. The monoisotopic (exact) mass is 485 g/mol. The van der Waals surface area contributed by atoms with Crippen LogP contribution in [0.3, 0.4) is 0 Å². The van der Waals surface area contributed by atoms with Crippen LogP contribution in [0.5, 0.6) is 0 Å². The Morgan fingerprint density at radius 1 is 1.21 bits per heavy atom. The van der Waals surface area contributed by atoms with Gasteiger partial charge in [0, 0.05) is 18.7 Å². The molecule has 1 saturated heterocycles. The predicted molar refractivity (Wildman–Crippen MR) is 114 cm³/mol. The zero-order valence-corrected chi connectivity index (χ0v) is 18.2.